The van der Waals surface area contributed by atoms with E-state index in [-0.39, 0.29) is 11.1 Å². The molecule has 6 nitrogen and oxygen atoms in total. The van der Waals surface area contributed by atoms with Crippen LogP contribution in [0.3, 0.4) is 0 Å². The van der Waals surface area contributed by atoms with Crippen molar-refractivity contribution in [2.45, 2.75) is 13.0 Å². The number of hydrogen-bond acceptors (Lipinski definition) is 5. The second kappa shape index (κ2) is 7.64. The van der Waals surface area contributed by atoms with Crippen LogP contribution in [0.1, 0.15) is 33.2 Å². The van der Waals surface area contributed by atoms with Crippen LogP contribution in [-0.4, -0.2) is 28.7 Å². The number of ether oxygens (including phenoxy) is 1. The molecule has 0 fully saturated rings. The molecule has 0 bridgehead atoms. The van der Waals surface area contributed by atoms with E-state index in [1.165, 1.54) is 6.92 Å². The normalized spacial score (nSPS) is 13.5. The summed E-state index contributed by atoms with van der Waals surface area (Å²) in [6.45, 7) is 1.47. The van der Waals surface area contributed by atoms with Crippen molar-refractivity contribution < 1.29 is 19.1 Å². The van der Waals surface area contributed by atoms with E-state index in [0.29, 0.717) is 11.3 Å². The van der Waals surface area contributed by atoms with Crippen LogP contribution >= 0.6 is 0 Å². The van der Waals surface area contributed by atoms with Gasteiger partial charge in [0.25, 0.3) is 11.8 Å². The lowest BCUT2D eigenvalue weighted by atomic mass is 10.0. The molecule has 1 atom stereocenters. The fourth-order valence-electron chi connectivity index (χ4n) is 3.32. The predicted molar refractivity (Wildman–Crippen MR) is 109 cm³/mol. The van der Waals surface area contributed by atoms with Crippen molar-refractivity contribution in [3.63, 3.8) is 0 Å². The number of nitrogens with zero attached hydrogens (tertiary/aromatic N) is 2. The Labute approximate surface area is 172 Å². The molecule has 0 spiro atoms. The number of benzene rings is 3. The van der Waals surface area contributed by atoms with E-state index in [9.17, 15) is 14.4 Å². The van der Waals surface area contributed by atoms with Gasteiger partial charge in [0, 0.05) is 0 Å². The number of imide groups is 1. The summed E-state index contributed by atoms with van der Waals surface area (Å²) in [4.78, 5) is 38.6. The van der Waals surface area contributed by atoms with Crippen molar-refractivity contribution in [2.24, 2.45) is 0 Å². The van der Waals surface area contributed by atoms with Gasteiger partial charge in [0.1, 0.15) is 11.8 Å². The third-order valence-corrected chi connectivity index (χ3v) is 4.97. The molecule has 0 saturated heterocycles. The Kier molecular flexibility index (Phi) is 4.87. The molecule has 1 aliphatic rings. The summed E-state index contributed by atoms with van der Waals surface area (Å²) in [5.41, 5.74) is 2.97. The Bertz CT molecular complexity index is 1160. The maximum Gasteiger partial charge on any atom is 0.334 e. The molecule has 3 aromatic rings. The fourth-order valence-corrected chi connectivity index (χ4v) is 3.32. The average molecular weight is 396 g/mol. The summed E-state index contributed by atoms with van der Waals surface area (Å²) >= 11 is 0. The second-order valence-electron chi connectivity index (χ2n) is 6.84. The maximum absolute atomic E-state index is 12.6. The fraction of sp³-hybridized carbons (Fsp3) is 0.0833. The number of esters is 1. The van der Waals surface area contributed by atoms with E-state index in [1.54, 1.807) is 60.7 Å². The van der Waals surface area contributed by atoms with Crippen LogP contribution in [0, 0.1) is 11.3 Å². The monoisotopic (exact) mass is 396 g/mol. The molecular formula is C24H16N2O4. The van der Waals surface area contributed by atoms with Gasteiger partial charge < -0.3 is 4.74 Å². The smallest absolute Gasteiger partial charge is 0.334 e. The van der Waals surface area contributed by atoms with E-state index in [0.717, 1.165) is 16.0 Å². The molecule has 0 N–H and O–H groups in total. The van der Waals surface area contributed by atoms with Crippen molar-refractivity contribution in [1.82, 2.24) is 4.90 Å². The first-order chi connectivity index (χ1) is 14.5. The Balaban J connectivity index is 1.47. The lowest BCUT2D eigenvalue weighted by Crippen LogP contribution is -2.44. The van der Waals surface area contributed by atoms with E-state index in [4.69, 9.17) is 10.00 Å². The quantitative estimate of drug-likeness (QED) is 0.380. The number of carbonyl (C=O) groups excluding carboxylic acids is 3. The zero-order valence-corrected chi connectivity index (χ0v) is 16.0. The third kappa shape index (κ3) is 3.33. The van der Waals surface area contributed by atoms with Crippen LogP contribution in [0.25, 0.3) is 11.1 Å². The SMILES string of the molecule is C[C@H](C(=O)Oc1ccc(-c2ccc(C#N)cc2)cc1)N1C(=O)c2ccccc2C1=O. The number of amides is 2. The Morgan fingerprint density at radius 1 is 0.867 bits per heavy atom. The summed E-state index contributed by atoms with van der Waals surface area (Å²) in [5, 5.41) is 8.88. The first-order valence-corrected chi connectivity index (χ1v) is 9.29. The van der Waals surface area contributed by atoms with Crippen molar-refractivity contribution >= 4 is 17.8 Å². The molecule has 4 rings (SSSR count). The number of nitriles is 1. The van der Waals surface area contributed by atoms with E-state index < -0.39 is 23.8 Å². The highest BCUT2D eigenvalue weighted by Gasteiger charge is 2.41. The zero-order valence-electron chi connectivity index (χ0n) is 16.0. The van der Waals surface area contributed by atoms with Crippen LogP contribution < -0.4 is 4.74 Å². The second-order valence-corrected chi connectivity index (χ2v) is 6.84. The molecule has 6 heteroatoms. The van der Waals surface area contributed by atoms with Gasteiger partial charge in [-0.1, -0.05) is 36.4 Å². The molecule has 0 aliphatic carbocycles. The van der Waals surface area contributed by atoms with Crippen LogP contribution in [0.4, 0.5) is 0 Å². The maximum atomic E-state index is 12.6. The van der Waals surface area contributed by atoms with Gasteiger partial charge in [-0.3, -0.25) is 14.5 Å². The first kappa shape index (κ1) is 19.1. The van der Waals surface area contributed by atoms with Crippen LogP contribution in [0.15, 0.2) is 72.8 Å². The largest absolute Gasteiger partial charge is 0.425 e. The molecule has 30 heavy (non-hydrogen) atoms. The highest BCUT2D eigenvalue weighted by Crippen LogP contribution is 2.26. The lowest BCUT2D eigenvalue weighted by molar-refractivity contribution is -0.138. The summed E-state index contributed by atoms with van der Waals surface area (Å²) in [6, 6.07) is 21.5. The minimum atomic E-state index is -1.06. The number of fused-ring (bicyclic) bond motifs is 1. The lowest BCUT2D eigenvalue weighted by Gasteiger charge is -2.20. The van der Waals surface area contributed by atoms with Crippen LogP contribution in [-0.2, 0) is 4.79 Å². The van der Waals surface area contributed by atoms with Crippen molar-refractivity contribution in [3.8, 4) is 22.9 Å². The molecule has 0 aromatic heterocycles. The Morgan fingerprint density at radius 3 is 1.87 bits per heavy atom. The Hall–Kier alpha value is -4.24. The molecule has 2 amide bonds. The van der Waals surface area contributed by atoms with Gasteiger partial charge >= 0.3 is 5.97 Å². The summed E-state index contributed by atoms with van der Waals surface area (Å²) in [6.07, 6.45) is 0. The molecular weight excluding hydrogens is 380 g/mol. The van der Waals surface area contributed by atoms with Crippen LogP contribution in [0.2, 0.25) is 0 Å². The minimum absolute atomic E-state index is 0.286. The van der Waals surface area contributed by atoms with Gasteiger partial charge in [-0.05, 0) is 54.4 Å². The highest BCUT2D eigenvalue weighted by atomic mass is 16.5. The highest BCUT2D eigenvalue weighted by molar-refractivity contribution is 6.22. The van der Waals surface area contributed by atoms with Crippen molar-refractivity contribution in [2.75, 3.05) is 0 Å². The van der Waals surface area contributed by atoms with Gasteiger partial charge in [-0.2, -0.15) is 5.26 Å². The topological polar surface area (TPSA) is 87.5 Å². The van der Waals surface area contributed by atoms with Gasteiger partial charge in [0.2, 0.25) is 0 Å². The van der Waals surface area contributed by atoms with Gasteiger partial charge in [-0.15, -0.1) is 0 Å². The van der Waals surface area contributed by atoms with Gasteiger partial charge in [-0.25, -0.2) is 4.79 Å². The predicted octanol–water partition coefficient (Wildman–Crippen LogP) is 3.82. The van der Waals surface area contributed by atoms with Gasteiger partial charge in [0.15, 0.2) is 0 Å². The number of rotatable bonds is 4. The number of hydrogen-bond donors (Lipinski definition) is 0. The number of carbonyl (C=O) groups is 3. The zero-order chi connectivity index (χ0) is 21.3. The molecule has 0 saturated carbocycles. The van der Waals surface area contributed by atoms with E-state index >= 15 is 0 Å². The van der Waals surface area contributed by atoms with Crippen LogP contribution in [0.5, 0.6) is 5.75 Å². The molecule has 0 unspecified atom stereocenters. The van der Waals surface area contributed by atoms with Crippen molar-refractivity contribution in [3.05, 3.63) is 89.5 Å². The standard InChI is InChI=1S/C24H16N2O4/c1-15(26-22(27)20-4-2-3-5-21(20)23(26)28)24(29)30-19-12-10-18(11-13-19)17-8-6-16(14-25)7-9-17/h2-13,15H,1H3/t15-/m1/s1. The molecule has 146 valence electrons. The first-order valence-electron chi connectivity index (χ1n) is 9.29. The minimum Gasteiger partial charge on any atom is -0.425 e. The van der Waals surface area contributed by atoms with E-state index in [1.807, 2.05) is 12.1 Å². The van der Waals surface area contributed by atoms with Crippen molar-refractivity contribution in [1.29, 1.82) is 5.26 Å². The summed E-state index contributed by atoms with van der Waals surface area (Å²) in [7, 11) is 0. The average Bonchev–Trinajstić information content (AvgIpc) is 3.04. The Morgan fingerprint density at radius 2 is 1.37 bits per heavy atom. The molecule has 0 radical (unpaired) electrons. The third-order valence-electron chi connectivity index (χ3n) is 4.97. The molecule has 1 heterocycles. The van der Waals surface area contributed by atoms with E-state index in [2.05, 4.69) is 6.07 Å². The van der Waals surface area contributed by atoms with Gasteiger partial charge in [0.05, 0.1) is 22.8 Å². The molecule has 1 aliphatic heterocycles. The summed E-state index contributed by atoms with van der Waals surface area (Å²) < 4.78 is 5.38. The summed E-state index contributed by atoms with van der Waals surface area (Å²) in [5.74, 6) is -1.40. The molecule has 3 aromatic carbocycles.